The second-order valence-electron chi connectivity index (χ2n) is 5.10. The molecule has 1 aliphatic heterocycles. The lowest BCUT2D eigenvalue weighted by atomic mass is 10.1. The van der Waals surface area contributed by atoms with Crippen molar-refractivity contribution in [2.75, 3.05) is 18.9 Å². The van der Waals surface area contributed by atoms with Gasteiger partial charge in [0.2, 0.25) is 0 Å². The molecule has 3 rings (SSSR count). The Kier molecular flexibility index (Phi) is 4.48. The van der Waals surface area contributed by atoms with E-state index in [1.165, 1.54) is 0 Å². The van der Waals surface area contributed by atoms with Gasteiger partial charge in [-0.1, -0.05) is 40.9 Å². The van der Waals surface area contributed by atoms with E-state index < -0.39 is 0 Å². The van der Waals surface area contributed by atoms with E-state index in [9.17, 15) is 4.79 Å². The van der Waals surface area contributed by atoms with Gasteiger partial charge in [-0.05, 0) is 30.3 Å². The number of fused-ring (bicyclic) bond motifs is 1. The number of carbonyl (C=O) groups excluding carboxylic acids is 1. The number of halogens is 3. The molecule has 1 N–H and O–H groups in total. The van der Waals surface area contributed by atoms with Crippen molar-refractivity contribution in [2.45, 2.75) is 0 Å². The second-order valence-corrected chi connectivity index (χ2v) is 6.36. The minimum atomic E-state index is -0.134. The van der Waals surface area contributed by atoms with E-state index in [-0.39, 0.29) is 5.91 Å². The van der Waals surface area contributed by atoms with Crippen molar-refractivity contribution < 1.29 is 4.79 Å². The number of aliphatic imine (C=N–C) groups is 1. The fourth-order valence-corrected chi connectivity index (χ4v) is 2.95. The molecule has 2 aromatic carbocycles. The summed E-state index contributed by atoms with van der Waals surface area (Å²) in [5.74, 6) is 0.433. The normalized spacial score (nSPS) is 16.1. The third kappa shape index (κ3) is 3.29. The Morgan fingerprint density at radius 1 is 1.13 bits per heavy atom. The van der Waals surface area contributed by atoms with Gasteiger partial charge in [0.1, 0.15) is 11.5 Å². The molecule has 0 saturated carbocycles. The quantitative estimate of drug-likeness (QED) is 0.780. The van der Waals surface area contributed by atoms with Crippen molar-refractivity contribution in [2.24, 2.45) is 4.99 Å². The number of para-hydroxylation sites is 1. The van der Waals surface area contributed by atoms with Gasteiger partial charge in [-0.15, -0.1) is 0 Å². The maximum absolute atomic E-state index is 12.4. The van der Waals surface area contributed by atoms with Gasteiger partial charge in [-0.2, -0.15) is 0 Å². The molecule has 1 amide bonds. The molecule has 0 spiro atoms. The molecule has 7 heteroatoms. The molecule has 1 aliphatic rings. The second kappa shape index (κ2) is 6.40. The number of rotatable bonds is 1. The number of nitrogens with zero attached hydrogens (tertiary/aromatic N) is 2. The summed E-state index contributed by atoms with van der Waals surface area (Å²) in [6.07, 6.45) is 0. The van der Waals surface area contributed by atoms with E-state index in [4.69, 9.17) is 34.8 Å². The van der Waals surface area contributed by atoms with Gasteiger partial charge in [-0.3, -0.25) is 4.79 Å². The first-order valence-corrected chi connectivity index (χ1v) is 7.92. The number of likely N-dealkylation sites (N-methyl/N-ethyl adjacent to an activating group) is 1. The molecule has 2 aromatic rings. The number of amides is 1. The van der Waals surface area contributed by atoms with Crippen LogP contribution in [-0.4, -0.2) is 30.2 Å². The molecule has 0 bridgehead atoms. The molecule has 0 aliphatic carbocycles. The fourth-order valence-electron chi connectivity index (χ4n) is 2.29. The Morgan fingerprint density at radius 2 is 1.83 bits per heavy atom. The van der Waals surface area contributed by atoms with Crippen LogP contribution in [0.25, 0.3) is 0 Å². The van der Waals surface area contributed by atoms with Crippen LogP contribution >= 0.6 is 34.8 Å². The summed E-state index contributed by atoms with van der Waals surface area (Å²) in [4.78, 5) is 18.5. The van der Waals surface area contributed by atoms with Gasteiger partial charge in [-0.25, -0.2) is 4.99 Å². The van der Waals surface area contributed by atoms with E-state index in [0.717, 1.165) is 0 Å². The lowest BCUT2D eigenvalue weighted by Crippen LogP contribution is -2.31. The van der Waals surface area contributed by atoms with E-state index in [2.05, 4.69) is 10.3 Å². The number of nitrogens with one attached hydrogen (secondary N) is 1. The molecular weight excluding hydrogens is 357 g/mol. The third-order valence-electron chi connectivity index (χ3n) is 3.41. The highest BCUT2D eigenvalue weighted by Crippen LogP contribution is 2.33. The topological polar surface area (TPSA) is 44.7 Å². The molecular formula is C16H12Cl3N3O. The summed E-state index contributed by atoms with van der Waals surface area (Å²) in [7, 11) is 1.70. The SMILES string of the molecule is CN1CC(=Nc2c(Cl)cccc2Cl)Nc2ccc(Cl)cc2C1=O. The summed E-state index contributed by atoms with van der Waals surface area (Å²) < 4.78 is 0. The summed E-state index contributed by atoms with van der Waals surface area (Å²) in [6, 6.07) is 10.3. The highest BCUT2D eigenvalue weighted by atomic mass is 35.5. The van der Waals surface area contributed by atoms with Crippen LogP contribution in [-0.2, 0) is 0 Å². The van der Waals surface area contributed by atoms with Gasteiger partial charge in [0.25, 0.3) is 5.91 Å². The monoisotopic (exact) mass is 367 g/mol. The van der Waals surface area contributed by atoms with Gasteiger partial charge < -0.3 is 10.2 Å². The average molecular weight is 369 g/mol. The number of hydrogen-bond donors (Lipinski definition) is 1. The number of amidine groups is 1. The van der Waals surface area contributed by atoms with Crippen molar-refractivity contribution in [3.05, 3.63) is 57.0 Å². The van der Waals surface area contributed by atoms with Crippen LogP contribution in [0.4, 0.5) is 11.4 Å². The summed E-state index contributed by atoms with van der Waals surface area (Å²) >= 11 is 18.3. The number of benzene rings is 2. The molecule has 0 atom stereocenters. The van der Waals surface area contributed by atoms with Crippen LogP contribution in [0.3, 0.4) is 0 Å². The van der Waals surface area contributed by atoms with Crippen LogP contribution in [0.5, 0.6) is 0 Å². The van der Waals surface area contributed by atoms with E-state index >= 15 is 0 Å². The Labute approximate surface area is 148 Å². The maximum atomic E-state index is 12.4. The number of carbonyl (C=O) groups is 1. The summed E-state index contributed by atoms with van der Waals surface area (Å²) in [5.41, 5.74) is 1.61. The number of anilines is 1. The Bertz CT molecular complexity index is 800. The molecule has 0 radical (unpaired) electrons. The minimum absolute atomic E-state index is 0.134. The largest absolute Gasteiger partial charge is 0.342 e. The lowest BCUT2D eigenvalue weighted by molar-refractivity contribution is 0.0817. The molecule has 0 unspecified atom stereocenters. The predicted molar refractivity (Wildman–Crippen MR) is 95.6 cm³/mol. The first-order chi connectivity index (χ1) is 11.0. The lowest BCUT2D eigenvalue weighted by Gasteiger charge is -2.14. The van der Waals surface area contributed by atoms with Crippen LogP contribution < -0.4 is 5.32 Å². The van der Waals surface area contributed by atoms with Crippen molar-refractivity contribution in [1.82, 2.24) is 4.90 Å². The van der Waals surface area contributed by atoms with Gasteiger partial charge in [0.15, 0.2) is 0 Å². The maximum Gasteiger partial charge on any atom is 0.256 e. The van der Waals surface area contributed by atoms with Crippen LogP contribution in [0.2, 0.25) is 15.1 Å². The molecule has 4 nitrogen and oxygen atoms in total. The number of hydrogen-bond acceptors (Lipinski definition) is 2. The third-order valence-corrected chi connectivity index (χ3v) is 4.25. The van der Waals surface area contributed by atoms with Gasteiger partial charge in [0.05, 0.1) is 27.8 Å². The Balaban J connectivity index is 2.07. The zero-order chi connectivity index (χ0) is 16.6. The fraction of sp³-hybridized carbons (Fsp3) is 0.125. The van der Waals surface area contributed by atoms with E-state index in [1.54, 1.807) is 48.3 Å². The average Bonchev–Trinajstić information content (AvgIpc) is 2.62. The standard InChI is InChI=1S/C16H12Cl3N3O/c1-22-8-14(21-15-11(18)3-2-4-12(15)19)20-13-6-5-9(17)7-10(13)16(22)23/h2-7H,8H2,1H3,(H,20,21). The molecule has 0 fully saturated rings. The van der Waals surface area contributed by atoms with Gasteiger partial charge in [0, 0.05) is 12.1 Å². The summed E-state index contributed by atoms with van der Waals surface area (Å²) in [6.45, 7) is 0.298. The van der Waals surface area contributed by atoms with Crippen molar-refractivity contribution >= 4 is 57.9 Å². The highest BCUT2D eigenvalue weighted by Gasteiger charge is 2.23. The predicted octanol–water partition coefficient (Wildman–Crippen LogP) is 4.87. The minimum Gasteiger partial charge on any atom is -0.342 e. The molecule has 23 heavy (non-hydrogen) atoms. The first kappa shape index (κ1) is 16.1. The van der Waals surface area contributed by atoms with E-state index in [1.807, 2.05) is 0 Å². The zero-order valence-corrected chi connectivity index (χ0v) is 14.4. The molecule has 0 saturated heterocycles. The van der Waals surface area contributed by atoms with Gasteiger partial charge >= 0.3 is 0 Å². The molecule has 0 aromatic heterocycles. The molecule has 118 valence electrons. The van der Waals surface area contributed by atoms with Crippen LogP contribution in [0.15, 0.2) is 41.4 Å². The van der Waals surface area contributed by atoms with Crippen LogP contribution in [0.1, 0.15) is 10.4 Å². The summed E-state index contributed by atoms with van der Waals surface area (Å²) in [5, 5.41) is 4.56. The Hall–Kier alpha value is -1.75. The smallest absolute Gasteiger partial charge is 0.256 e. The zero-order valence-electron chi connectivity index (χ0n) is 12.1. The molecule has 1 heterocycles. The van der Waals surface area contributed by atoms with Crippen molar-refractivity contribution in [3.8, 4) is 0 Å². The van der Waals surface area contributed by atoms with Crippen molar-refractivity contribution in [3.63, 3.8) is 0 Å². The Morgan fingerprint density at radius 3 is 2.52 bits per heavy atom. The first-order valence-electron chi connectivity index (χ1n) is 6.79. The van der Waals surface area contributed by atoms with E-state index in [0.29, 0.717) is 44.4 Å². The highest BCUT2D eigenvalue weighted by molar-refractivity contribution is 6.39. The van der Waals surface area contributed by atoms with Crippen LogP contribution in [0, 0.1) is 0 Å². The van der Waals surface area contributed by atoms with Crippen molar-refractivity contribution in [1.29, 1.82) is 0 Å².